The van der Waals surface area contributed by atoms with Gasteiger partial charge in [-0.25, -0.2) is 4.79 Å². The Morgan fingerprint density at radius 2 is 2.07 bits per heavy atom. The van der Waals surface area contributed by atoms with Crippen LogP contribution < -0.4 is 9.47 Å². The van der Waals surface area contributed by atoms with Crippen LogP contribution >= 0.6 is 39.9 Å². The van der Waals surface area contributed by atoms with Crippen molar-refractivity contribution in [3.8, 4) is 11.5 Å². The van der Waals surface area contributed by atoms with Gasteiger partial charge < -0.3 is 14.2 Å². The number of esters is 1. The normalized spacial score (nSPS) is 15.4. The van der Waals surface area contributed by atoms with Crippen LogP contribution in [0.5, 0.6) is 11.5 Å². The van der Waals surface area contributed by atoms with Crippen LogP contribution in [-0.4, -0.2) is 48.0 Å². The first-order valence-corrected chi connectivity index (χ1v) is 10.3. The summed E-state index contributed by atoms with van der Waals surface area (Å²) < 4.78 is 16.9. The number of thioether (sulfide) groups is 1. The molecule has 9 heteroatoms. The van der Waals surface area contributed by atoms with Crippen LogP contribution in [0.2, 0.25) is 0 Å². The molecule has 0 bridgehead atoms. The maximum Gasteiger partial charge on any atom is 0.343 e. The summed E-state index contributed by atoms with van der Waals surface area (Å²) in [5.41, 5.74) is 0.757. The molecule has 1 saturated heterocycles. The van der Waals surface area contributed by atoms with Gasteiger partial charge in [-0.3, -0.25) is 9.69 Å². The molecule has 0 aromatic heterocycles. The summed E-state index contributed by atoms with van der Waals surface area (Å²) in [6.07, 6.45) is 2.61. The molecule has 0 radical (unpaired) electrons. The number of benzene rings is 1. The monoisotopic (exact) mass is 473 g/mol. The fraction of sp³-hybridized carbons (Fsp3) is 0.389. The summed E-state index contributed by atoms with van der Waals surface area (Å²) in [6, 6.07) is 3.55. The molecule has 1 aromatic rings. The van der Waals surface area contributed by atoms with Crippen molar-refractivity contribution in [1.29, 1.82) is 0 Å². The number of halogens is 1. The van der Waals surface area contributed by atoms with Crippen molar-refractivity contribution in [2.24, 2.45) is 0 Å². The van der Waals surface area contributed by atoms with Gasteiger partial charge in [0.1, 0.15) is 4.32 Å². The van der Waals surface area contributed by atoms with Gasteiger partial charge in [0.05, 0.1) is 23.1 Å². The van der Waals surface area contributed by atoms with Crippen molar-refractivity contribution >= 4 is 62.2 Å². The molecule has 2 rings (SSSR count). The highest BCUT2D eigenvalue weighted by Crippen LogP contribution is 2.39. The smallest absolute Gasteiger partial charge is 0.343 e. The average molecular weight is 474 g/mol. The van der Waals surface area contributed by atoms with Gasteiger partial charge in [0.2, 0.25) is 0 Å². The number of ether oxygens (including phenoxy) is 3. The number of hydrogen-bond donors (Lipinski definition) is 0. The van der Waals surface area contributed by atoms with E-state index in [9.17, 15) is 9.59 Å². The summed E-state index contributed by atoms with van der Waals surface area (Å²) >= 11 is 10.0. The van der Waals surface area contributed by atoms with E-state index in [-0.39, 0.29) is 12.5 Å². The molecule has 1 aliphatic rings. The van der Waals surface area contributed by atoms with E-state index in [0.29, 0.717) is 38.3 Å². The van der Waals surface area contributed by atoms with Crippen LogP contribution in [-0.2, 0) is 14.3 Å². The minimum Gasteiger partial charge on any atom is -0.490 e. The van der Waals surface area contributed by atoms with E-state index in [1.165, 1.54) is 18.9 Å². The minimum absolute atomic E-state index is 0.0908. The minimum atomic E-state index is -0.493. The van der Waals surface area contributed by atoms with Crippen LogP contribution in [0, 0.1) is 0 Å². The molecule has 1 aliphatic heterocycles. The van der Waals surface area contributed by atoms with Crippen LogP contribution in [0.15, 0.2) is 21.5 Å². The van der Waals surface area contributed by atoms with Gasteiger partial charge in [0.25, 0.3) is 5.91 Å². The fourth-order valence-electron chi connectivity index (χ4n) is 2.33. The summed E-state index contributed by atoms with van der Waals surface area (Å²) in [5.74, 6) is 0.281. The predicted molar refractivity (Wildman–Crippen MR) is 113 cm³/mol. The topological polar surface area (TPSA) is 65.1 Å². The zero-order chi connectivity index (χ0) is 20.0. The first-order chi connectivity index (χ1) is 12.9. The molecule has 6 nitrogen and oxygen atoms in total. The van der Waals surface area contributed by atoms with Crippen molar-refractivity contribution in [2.75, 3.05) is 26.9 Å². The Hall–Kier alpha value is -1.58. The molecule has 0 spiro atoms. The molecule has 1 heterocycles. The third kappa shape index (κ3) is 5.46. The molecular formula is C18H20BrNO5S2. The maximum absolute atomic E-state index is 12.5. The lowest BCUT2D eigenvalue weighted by molar-refractivity contribution is -0.143. The molecule has 0 atom stereocenters. The predicted octanol–water partition coefficient (Wildman–Crippen LogP) is 4.01. The van der Waals surface area contributed by atoms with E-state index < -0.39 is 5.97 Å². The summed E-state index contributed by atoms with van der Waals surface area (Å²) in [5, 5.41) is 0. The molecule has 27 heavy (non-hydrogen) atoms. The number of nitrogens with zero attached hydrogens (tertiary/aromatic N) is 1. The van der Waals surface area contributed by atoms with Crippen LogP contribution in [0.25, 0.3) is 6.08 Å². The van der Waals surface area contributed by atoms with Gasteiger partial charge in [-0.2, -0.15) is 0 Å². The van der Waals surface area contributed by atoms with Gasteiger partial charge in [-0.1, -0.05) is 30.9 Å². The van der Waals surface area contributed by atoms with Crippen molar-refractivity contribution in [3.05, 3.63) is 27.1 Å². The summed E-state index contributed by atoms with van der Waals surface area (Å²) in [4.78, 5) is 26.0. The van der Waals surface area contributed by atoms with Crippen molar-refractivity contribution in [1.82, 2.24) is 4.90 Å². The van der Waals surface area contributed by atoms with Crippen molar-refractivity contribution in [2.45, 2.75) is 20.3 Å². The molecule has 0 saturated carbocycles. The number of amides is 1. The fourth-order valence-corrected chi connectivity index (χ4v) is 4.21. The number of hydrogen-bond acceptors (Lipinski definition) is 7. The van der Waals surface area contributed by atoms with Crippen molar-refractivity contribution < 1.29 is 23.8 Å². The third-order valence-electron chi connectivity index (χ3n) is 3.51. The van der Waals surface area contributed by atoms with Gasteiger partial charge in [0, 0.05) is 6.54 Å². The second-order valence-corrected chi connectivity index (χ2v) is 7.99. The number of carbonyl (C=O) groups is 2. The summed E-state index contributed by atoms with van der Waals surface area (Å²) in [7, 11) is 1.29. The first-order valence-electron chi connectivity index (χ1n) is 8.32. The molecule has 0 unspecified atom stereocenters. The van der Waals surface area contributed by atoms with Gasteiger partial charge in [0.15, 0.2) is 18.1 Å². The molecule has 1 aromatic carbocycles. The van der Waals surface area contributed by atoms with Crippen LogP contribution in [0.4, 0.5) is 0 Å². The molecular weight excluding hydrogens is 454 g/mol. The van der Waals surface area contributed by atoms with Gasteiger partial charge in [-0.05, 0) is 53.0 Å². The Balaban J connectivity index is 2.31. The van der Waals surface area contributed by atoms with E-state index >= 15 is 0 Å². The lowest BCUT2D eigenvalue weighted by atomic mass is 10.2. The molecule has 0 N–H and O–H groups in total. The van der Waals surface area contributed by atoms with Crippen molar-refractivity contribution in [3.63, 3.8) is 0 Å². The Morgan fingerprint density at radius 3 is 2.70 bits per heavy atom. The largest absolute Gasteiger partial charge is 0.490 e. The van der Waals surface area contributed by atoms with Gasteiger partial charge >= 0.3 is 5.97 Å². The Morgan fingerprint density at radius 1 is 1.33 bits per heavy atom. The molecule has 1 amide bonds. The second kappa shape index (κ2) is 10.1. The quantitative estimate of drug-likeness (QED) is 0.321. The third-order valence-corrected chi connectivity index (χ3v) is 5.48. The standard InChI is InChI=1S/C18H20BrNO5S2/c1-4-6-20-17(22)14(27-18(20)26)9-11-7-12(19)16(13(8-11)24-5-2)25-10-15(21)23-3/h7-9H,4-6,10H2,1-3H3/b14-9+. The van der Waals surface area contributed by atoms with Gasteiger partial charge in [-0.15, -0.1) is 0 Å². The lowest BCUT2D eigenvalue weighted by Crippen LogP contribution is -2.28. The van der Waals surface area contributed by atoms with E-state index in [0.717, 1.165) is 12.0 Å². The van der Waals surface area contributed by atoms with E-state index in [1.807, 2.05) is 13.8 Å². The van der Waals surface area contributed by atoms with Crippen LogP contribution in [0.1, 0.15) is 25.8 Å². The molecule has 0 aliphatic carbocycles. The first kappa shape index (κ1) is 21.7. The highest BCUT2D eigenvalue weighted by Gasteiger charge is 2.31. The zero-order valence-electron chi connectivity index (χ0n) is 15.2. The number of thiocarbonyl (C=S) groups is 1. The Labute approximate surface area is 176 Å². The second-order valence-electron chi connectivity index (χ2n) is 5.46. The Bertz CT molecular complexity index is 781. The van der Waals surface area contributed by atoms with E-state index in [1.54, 1.807) is 23.1 Å². The Kier molecular flexibility index (Phi) is 8.12. The average Bonchev–Trinajstić information content (AvgIpc) is 2.89. The summed E-state index contributed by atoms with van der Waals surface area (Å²) in [6.45, 7) is 4.64. The number of rotatable bonds is 8. The number of carbonyl (C=O) groups excluding carboxylic acids is 2. The lowest BCUT2D eigenvalue weighted by Gasteiger charge is -2.14. The highest BCUT2D eigenvalue weighted by molar-refractivity contribution is 9.10. The zero-order valence-corrected chi connectivity index (χ0v) is 18.5. The highest BCUT2D eigenvalue weighted by atomic mass is 79.9. The SMILES string of the molecule is CCCN1C(=O)/C(=C\c2cc(Br)c(OCC(=O)OC)c(OCC)c2)SC1=S. The number of methoxy groups -OCH3 is 1. The molecule has 146 valence electrons. The van der Waals surface area contributed by atoms with Crippen LogP contribution in [0.3, 0.4) is 0 Å². The maximum atomic E-state index is 12.5. The molecule has 1 fully saturated rings. The van der Waals surface area contributed by atoms with E-state index in [4.69, 9.17) is 21.7 Å². The van der Waals surface area contributed by atoms with E-state index in [2.05, 4.69) is 20.7 Å².